The van der Waals surface area contributed by atoms with Gasteiger partial charge in [0.15, 0.2) is 5.11 Å². The zero-order valence-electron chi connectivity index (χ0n) is 11.9. The Labute approximate surface area is 132 Å². The molecular formula is C14H15N5O2S. The summed E-state index contributed by atoms with van der Waals surface area (Å²) < 4.78 is 1.10. The van der Waals surface area contributed by atoms with E-state index in [1.54, 1.807) is 13.1 Å². The number of hydrazine groups is 1. The number of thiocarbonyl (C=S) groups is 1. The van der Waals surface area contributed by atoms with Crippen molar-refractivity contribution in [3.63, 3.8) is 0 Å². The minimum absolute atomic E-state index is 0.209. The molecule has 2 rings (SSSR count). The Morgan fingerprint density at radius 1 is 1.18 bits per heavy atom. The van der Waals surface area contributed by atoms with Crippen LogP contribution in [0.5, 0.6) is 0 Å². The summed E-state index contributed by atoms with van der Waals surface area (Å²) in [5.41, 5.74) is 6.00. The highest BCUT2D eigenvalue weighted by Crippen LogP contribution is 2.13. The van der Waals surface area contributed by atoms with Gasteiger partial charge in [0, 0.05) is 18.7 Å². The quantitative estimate of drug-likeness (QED) is 0.547. The molecule has 0 saturated carbocycles. The topological polar surface area (TPSA) is 88.0 Å². The van der Waals surface area contributed by atoms with Gasteiger partial charge in [0.1, 0.15) is 6.54 Å². The number of hydrogen-bond acceptors (Lipinski definition) is 4. The van der Waals surface area contributed by atoms with E-state index in [0.29, 0.717) is 5.69 Å². The molecule has 0 saturated heterocycles. The number of nitrogens with one attached hydrogen (secondary N) is 3. The molecule has 0 aliphatic heterocycles. The van der Waals surface area contributed by atoms with Crippen molar-refractivity contribution in [1.29, 1.82) is 0 Å². The van der Waals surface area contributed by atoms with E-state index in [1.165, 1.54) is 6.07 Å². The molecule has 1 heterocycles. The van der Waals surface area contributed by atoms with Gasteiger partial charge in [0.2, 0.25) is 0 Å². The van der Waals surface area contributed by atoms with Crippen LogP contribution in [0.1, 0.15) is 0 Å². The number of rotatable bonds is 3. The number of nitrogens with zero attached hydrogens (tertiary/aromatic N) is 2. The lowest BCUT2D eigenvalue weighted by Gasteiger charge is -2.10. The Bertz CT molecular complexity index is 730. The molecule has 0 aliphatic carbocycles. The number of aromatic nitrogens is 2. The molecule has 3 N–H and O–H groups in total. The van der Waals surface area contributed by atoms with Crippen LogP contribution < -0.4 is 21.7 Å². The van der Waals surface area contributed by atoms with Crippen LogP contribution in [0.3, 0.4) is 0 Å². The minimum Gasteiger partial charge on any atom is -0.364 e. The first-order valence-electron chi connectivity index (χ1n) is 6.50. The van der Waals surface area contributed by atoms with E-state index in [4.69, 9.17) is 12.2 Å². The lowest BCUT2D eigenvalue weighted by Crippen LogP contribution is -2.47. The van der Waals surface area contributed by atoms with E-state index in [2.05, 4.69) is 21.3 Å². The zero-order chi connectivity index (χ0) is 15.9. The third-order valence-electron chi connectivity index (χ3n) is 2.77. The fourth-order valence-corrected chi connectivity index (χ4v) is 1.74. The molecule has 0 unspecified atom stereocenters. The normalized spacial score (nSPS) is 9.86. The maximum Gasteiger partial charge on any atom is 0.267 e. The van der Waals surface area contributed by atoms with Gasteiger partial charge in [0.05, 0.1) is 5.69 Å². The molecule has 0 radical (unpaired) electrons. The Morgan fingerprint density at radius 3 is 2.59 bits per heavy atom. The Balaban J connectivity index is 2.12. The van der Waals surface area contributed by atoms with Crippen molar-refractivity contribution < 1.29 is 4.79 Å². The van der Waals surface area contributed by atoms with Crippen molar-refractivity contribution >= 4 is 23.2 Å². The molecule has 0 aliphatic rings. The molecule has 0 atom stereocenters. The van der Waals surface area contributed by atoms with Gasteiger partial charge in [0.25, 0.3) is 11.5 Å². The molecule has 0 spiro atoms. The number of carbonyl (C=O) groups is 1. The standard InChI is InChI=1S/C14H15N5O2S/c1-15-14(22)17-16-12(20)9-19-13(21)8-7-11(18-19)10-5-3-2-4-6-10/h2-8H,9H2,1H3,(H,16,20)(H2,15,17,22). The lowest BCUT2D eigenvalue weighted by atomic mass is 10.1. The van der Waals surface area contributed by atoms with Crippen molar-refractivity contribution in [3.05, 3.63) is 52.8 Å². The second-order valence-electron chi connectivity index (χ2n) is 4.33. The third-order valence-corrected chi connectivity index (χ3v) is 3.08. The molecule has 1 amide bonds. The highest BCUT2D eigenvalue weighted by atomic mass is 32.1. The third kappa shape index (κ3) is 4.13. The van der Waals surface area contributed by atoms with E-state index in [1.807, 2.05) is 30.3 Å². The summed E-state index contributed by atoms with van der Waals surface area (Å²) >= 11 is 4.83. The van der Waals surface area contributed by atoms with Gasteiger partial charge in [-0.25, -0.2) is 4.68 Å². The number of hydrogen-bond donors (Lipinski definition) is 3. The van der Waals surface area contributed by atoms with Crippen LogP contribution in [0.4, 0.5) is 0 Å². The first-order valence-corrected chi connectivity index (χ1v) is 6.91. The average Bonchev–Trinajstić information content (AvgIpc) is 2.55. The monoisotopic (exact) mass is 317 g/mol. The van der Waals surface area contributed by atoms with Crippen LogP contribution in [0.15, 0.2) is 47.3 Å². The van der Waals surface area contributed by atoms with Crippen LogP contribution in [0.25, 0.3) is 11.3 Å². The highest BCUT2D eigenvalue weighted by Gasteiger charge is 2.07. The van der Waals surface area contributed by atoms with Gasteiger partial charge in [-0.2, -0.15) is 5.10 Å². The zero-order valence-corrected chi connectivity index (χ0v) is 12.7. The second-order valence-corrected chi connectivity index (χ2v) is 4.74. The number of amides is 1. The Morgan fingerprint density at radius 2 is 1.91 bits per heavy atom. The Kier molecular flexibility index (Phi) is 5.21. The van der Waals surface area contributed by atoms with Gasteiger partial charge in [-0.05, 0) is 18.3 Å². The van der Waals surface area contributed by atoms with E-state index < -0.39 is 5.91 Å². The number of carbonyl (C=O) groups excluding carboxylic acids is 1. The first-order chi connectivity index (χ1) is 10.6. The van der Waals surface area contributed by atoms with Gasteiger partial charge >= 0.3 is 0 Å². The first kappa shape index (κ1) is 15.6. The van der Waals surface area contributed by atoms with E-state index in [0.717, 1.165) is 10.2 Å². The number of benzene rings is 1. The van der Waals surface area contributed by atoms with Crippen molar-refractivity contribution in [2.24, 2.45) is 0 Å². The maximum absolute atomic E-state index is 11.8. The predicted molar refractivity (Wildman–Crippen MR) is 86.9 cm³/mol. The molecule has 1 aromatic heterocycles. The summed E-state index contributed by atoms with van der Waals surface area (Å²) in [6.07, 6.45) is 0. The van der Waals surface area contributed by atoms with Crippen molar-refractivity contribution in [2.75, 3.05) is 7.05 Å². The fourth-order valence-electron chi connectivity index (χ4n) is 1.69. The van der Waals surface area contributed by atoms with Gasteiger partial charge < -0.3 is 5.32 Å². The smallest absolute Gasteiger partial charge is 0.267 e. The molecule has 1 aromatic carbocycles. The molecule has 8 heteroatoms. The van der Waals surface area contributed by atoms with Crippen LogP contribution in [-0.4, -0.2) is 27.8 Å². The summed E-state index contributed by atoms with van der Waals surface area (Å²) in [7, 11) is 1.62. The van der Waals surface area contributed by atoms with Crippen molar-refractivity contribution in [3.8, 4) is 11.3 Å². The van der Waals surface area contributed by atoms with Crippen LogP contribution >= 0.6 is 12.2 Å². The molecular weight excluding hydrogens is 302 g/mol. The molecule has 22 heavy (non-hydrogen) atoms. The van der Waals surface area contributed by atoms with Crippen molar-refractivity contribution in [1.82, 2.24) is 25.9 Å². The summed E-state index contributed by atoms with van der Waals surface area (Å²) in [4.78, 5) is 23.6. The SMILES string of the molecule is CNC(=S)NNC(=O)Cn1nc(-c2ccccc2)ccc1=O. The van der Waals surface area contributed by atoms with E-state index >= 15 is 0 Å². The summed E-state index contributed by atoms with van der Waals surface area (Å²) in [6, 6.07) is 12.4. The molecule has 114 valence electrons. The minimum atomic E-state index is -0.433. The van der Waals surface area contributed by atoms with Crippen molar-refractivity contribution in [2.45, 2.75) is 6.54 Å². The van der Waals surface area contributed by atoms with Gasteiger partial charge in [-0.15, -0.1) is 0 Å². The Hall–Kier alpha value is -2.74. The fraction of sp³-hybridized carbons (Fsp3) is 0.143. The molecule has 0 bridgehead atoms. The summed E-state index contributed by atoms with van der Waals surface area (Å²) in [5, 5.41) is 7.11. The van der Waals surface area contributed by atoms with Gasteiger partial charge in [-0.1, -0.05) is 30.3 Å². The predicted octanol–water partition coefficient (Wildman–Crippen LogP) is 0.0354. The largest absolute Gasteiger partial charge is 0.364 e. The average molecular weight is 317 g/mol. The van der Waals surface area contributed by atoms with E-state index in [9.17, 15) is 9.59 Å². The lowest BCUT2D eigenvalue weighted by molar-refractivity contribution is -0.122. The molecule has 2 aromatic rings. The molecule has 7 nitrogen and oxygen atoms in total. The summed E-state index contributed by atoms with van der Waals surface area (Å²) in [6.45, 7) is -0.209. The van der Waals surface area contributed by atoms with Gasteiger partial charge in [-0.3, -0.25) is 20.4 Å². The second kappa shape index (κ2) is 7.32. The maximum atomic E-state index is 11.8. The molecule has 0 fully saturated rings. The summed E-state index contributed by atoms with van der Waals surface area (Å²) in [5.74, 6) is -0.433. The van der Waals surface area contributed by atoms with Crippen LogP contribution in [0, 0.1) is 0 Å². The van der Waals surface area contributed by atoms with E-state index in [-0.39, 0.29) is 17.2 Å². The van der Waals surface area contributed by atoms with Crippen LogP contribution in [0.2, 0.25) is 0 Å². The highest BCUT2D eigenvalue weighted by molar-refractivity contribution is 7.80. The van der Waals surface area contributed by atoms with Crippen LogP contribution in [-0.2, 0) is 11.3 Å².